The van der Waals surface area contributed by atoms with Gasteiger partial charge in [0.05, 0.1) is 36.8 Å². The van der Waals surface area contributed by atoms with Crippen LogP contribution in [-0.4, -0.2) is 76.6 Å². The van der Waals surface area contributed by atoms with Crippen LogP contribution < -0.4 is 15.4 Å². The monoisotopic (exact) mass is 550 g/mol. The first-order valence-corrected chi connectivity index (χ1v) is 13.2. The number of aryl methyl sites for hydroxylation is 1. The van der Waals surface area contributed by atoms with E-state index in [-0.39, 0.29) is 24.0 Å². The molecule has 1 aromatic heterocycles. The normalized spacial score (nSPS) is 26.2. The Kier molecular flexibility index (Phi) is 7.87. The largest absolute Gasteiger partial charge is 0.490 e. The standard InChI is InChI=1S/C26H33F3N6O4/c1-34-15-32-24-20(33-23(30)8-9-31-16-3-2-10-37-14-16)11-19(12-21(24)34)38-18-6-4-17(5-7-18)35-13-22(26(27,28)29)39-25(35)36/h8-9,11-12,15-18,22,31H,2-7,10,13-14H2,1H3,(H2,30,33)/b9-8-/t16-,17-,18+,22-/m1/s1. The van der Waals surface area contributed by atoms with Gasteiger partial charge in [0.1, 0.15) is 17.1 Å². The van der Waals surface area contributed by atoms with Crippen LogP contribution in [-0.2, 0) is 16.5 Å². The van der Waals surface area contributed by atoms with Gasteiger partial charge in [-0.1, -0.05) is 0 Å². The molecule has 1 aliphatic carbocycles. The van der Waals surface area contributed by atoms with E-state index in [0.29, 0.717) is 49.2 Å². The van der Waals surface area contributed by atoms with E-state index in [2.05, 4.69) is 20.4 Å². The van der Waals surface area contributed by atoms with Gasteiger partial charge in [0.15, 0.2) is 0 Å². The van der Waals surface area contributed by atoms with Crippen molar-refractivity contribution >= 4 is 28.6 Å². The van der Waals surface area contributed by atoms with E-state index in [0.717, 1.165) is 25.0 Å². The Balaban J connectivity index is 1.20. The predicted molar refractivity (Wildman–Crippen MR) is 138 cm³/mol. The molecule has 1 aromatic carbocycles. The third-order valence-electron chi connectivity index (χ3n) is 7.41. The average molecular weight is 551 g/mol. The van der Waals surface area contributed by atoms with Crippen molar-refractivity contribution in [3.63, 3.8) is 0 Å². The average Bonchev–Trinajstić information content (AvgIpc) is 3.48. The molecule has 39 heavy (non-hydrogen) atoms. The number of alkyl halides is 3. The first-order chi connectivity index (χ1) is 18.7. The molecule has 0 spiro atoms. The summed E-state index contributed by atoms with van der Waals surface area (Å²) in [5, 5.41) is 14.7. The maximum Gasteiger partial charge on any atom is 0.427 e. The molecule has 3 heterocycles. The lowest BCUT2D eigenvalue weighted by Crippen LogP contribution is -2.42. The number of aromatic nitrogens is 2. The molecule has 2 atom stereocenters. The van der Waals surface area contributed by atoms with E-state index in [9.17, 15) is 18.0 Å². The molecular formula is C26H33F3N6O4. The van der Waals surface area contributed by atoms with Gasteiger partial charge in [-0.3, -0.25) is 5.41 Å². The smallest absolute Gasteiger partial charge is 0.427 e. The Bertz CT molecular complexity index is 1220. The summed E-state index contributed by atoms with van der Waals surface area (Å²) < 4.78 is 57.1. The number of nitrogens with one attached hydrogen (secondary N) is 3. The molecule has 0 bridgehead atoms. The van der Waals surface area contributed by atoms with Crippen LogP contribution in [0.5, 0.6) is 5.75 Å². The number of carbonyl (C=O) groups is 1. The third kappa shape index (κ3) is 6.40. The summed E-state index contributed by atoms with van der Waals surface area (Å²) in [5.74, 6) is 0.780. The fraction of sp³-hybridized carbons (Fsp3) is 0.577. The molecule has 10 nitrogen and oxygen atoms in total. The van der Waals surface area contributed by atoms with Gasteiger partial charge in [0.2, 0.25) is 6.10 Å². The van der Waals surface area contributed by atoms with Gasteiger partial charge in [-0.25, -0.2) is 9.78 Å². The van der Waals surface area contributed by atoms with Gasteiger partial charge in [-0.2, -0.15) is 13.2 Å². The van der Waals surface area contributed by atoms with E-state index >= 15 is 0 Å². The van der Waals surface area contributed by atoms with Crippen LogP contribution in [0, 0.1) is 5.41 Å². The number of rotatable bonds is 7. The number of halogens is 3. The van der Waals surface area contributed by atoms with Crippen molar-refractivity contribution in [3.05, 3.63) is 30.7 Å². The number of anilines is 1. The Morgan fingerprint density at radius 3 is 2.72 bits per heavy atom. The number of benzene rings is 1. The van der Waals surface area contributed by atoms with Gasteiger partial charge in [-0.15, -0.1) is 0 Å². The Labute approximate surface area is 224 Å². The minimum absolute atomic E-state index is 0.155. The highest BCUT2D eigenvalue weighted by molar-refractivity contribution is 6.06. The van der Waals surface area contributed by atoms with E-state index in [1.165, 1.54) is 4.90 Å². The number of ether oxygens (including phenoxy) is 3. The van der Waals surface area contributed by atoms with Crippen molar-refractivity contribution in [1.82, 2.24) is 19.8 Å². The van der Waals surface area contributed by atoms with Gasteiger partial charge >= 0.3 is 12.3 Å². The summed E-state index contributed by atoms with van der Waals surface area (Å²) in [6, 6.07) is 3.62. The SMILES string of the molecule is Cn1cnc2c(NC(=N)/C=C\N[C@@H]3CCCOC3)cc(O[C@H]3CC[C@@H](N4C[C@H](C(F)(F)F)OC4=O)CC3)cc21. The number of fused-ring (bicyclic) bond motifs is 1. The molecule has 2 aromatic rings. The predicted octanol–water partition coefficient (Wildman–Crippen LogP) is 4.32. The highest BCUT2D eigenvalue weighted by Gasteiger charge is 2.51. The number of hydrogen-bond donors (Lipinski definition) is 3. The van der Waals surface area contributed by atoms with Crippen LogP contribution in [0.4, 0.5) is 23.7 Å². The molecule has 13 heteroatoms. The van der Waals surface area contributed by atoms with Gasteiger partial charge in [-0.05, 0) is 44.6 Å². The van der Waals surface area contributed by atoms with Crippen molar-refractivity contribution in [1.29, 1.82) is 5.41 Å². The van der Waals surface area contributed by atoms with Crippen LogP contribution in [0.25, 0.3) is 11.0 Å². The second-order valence-electron chi connectivity index (χ2n) is 10.3. The molecule has 1 amide bonds. The van der Waals surface area contributed by atoms with E-state index < -0.39 is 24.9 Å². The van der Waals surface area contributed by atoms with Crippen molar-refractivity contribution in [2.45, 2.75) is 69.0 Å². The zero-order valence-corrected chi connectivity index (χ0v) is 21.7. The van der Waals surface area contributed by atoms with Crippen LogP contribution in [0.3, 0.4) is 0 Å². The number of amidine groups is 1. The number of cyclic esters (lactones) is 1. The molecular weight excluding hydrogens is 517 g/mol. The number of amides is 1. The van der Waals surface area contributed by atoms with E-state index in [4.69, 9.17) is 14.9 Å². The highest BCUT2D eigenvalue weighted by atomic mass is 19.4. The first-order valence-electron chi connectivity index (χ1n) is 13.2. The van der Waals surface area contributed by atoms with Crippen molar-refractivity contribution < 1.29 is 32.2 Å². The number of imidazole rings is 1. The Morgan fingerprint density at radius 2 is 2.03 bits per heavy atom. The molecule has 3 N–H and O–H groups in total. The molecule has 0 radical (unpaired) electrons. The van der Waals surface area contributed by atoms with Crippen LogP contribution >= 0.6 is 0 Å². The van der Waals surface area contributed by atoms with E-state index in [1.807, 2.05) is 17.7 Å². The van der Waals surface area contributed by atoms with Gasteiger partial charge in [0, 0.05) is 44.1 Å². The molecule has 5 rings (SSSR count). The summed E-state index contributed by atoms with van der Waals surface area (Å²) >= 11 is 0. The van der Waals surface area contributed by atoms with Crippen molar-refractivity contribution in [2.75, 3.05) is 25.1 Å². The summed E-state index contributed by atoms with van der Waals surface area (Å²) in [6.45, 7) is 0.973. The zero-order chi connectivity index (χ0) is 27.6. The fourth-order valence-electron chi connectivity index (χ4n) is 5.31. The topological polar surface area (TPSA) is 114 Å². The summed E-state index contributed by atoms with van der Waals surface area (Å²) in [6.07, 6.45) is 1.66. The Hall–Kier alpha value is -3.48. The number of nitrogens with zero attached hydrogens (tertiary/aromatic N) is 3. The van der Waals surface area contributed by atoms with E-state index in [1.54, 1.807) is 24.7 Å². The van der Waals surface area contributed by atoms with Gasteiger partial charge < -0.3 is 34.3 Å². The van der Waals surface area contributed by atoms with Gasteiger partial charge in [0.25, 0.3) is 0 Å². The van der Waals surface area contributed by atoms with Crippen LogP contribution in [0.15, 0.2) is 30.7 Å². The quantitative estimate of drug-likeness (QED) is 0.348. The molecule has 3 fully saturated rings. The molecule has 212 valence electrons. The van der Waals surface area contributed by atoms with Crippen molar-refractivity contribution in [3.8, 4) is 5.75 Å². The molecule has 1 saturated carbocycles. The lowest BCUT2D eigenvalue weighted by atomic mass is 9.92. The minimum atomic E-state index is -4.56. The molecule has 2 saturated heterocycles. The lowest BCUT2D eigenvalue weighted by molar-refractivity contribution is -0.192. The minimum Gasteiger partial charge on any atom is -0.490 e. The second-order valence-corrected chi connectivity index (χ2v) is 10.3. The second kappa shape index (κ2) is 11.3. The summed E-state index contributed by atoms with van der Waals surface area (Å²) in [4.78, 5) is 17.7. The molecule has 0 unspecified atom stereocenters. The number of hydrogen-bond acceptors (Lipinski definition) is 7. The molecule has 3 aliphatic rings. The Morgan fingerprint density at radius 1 is 1.23 bits per heavy atom. The zero-order valence-electron chi connectivity index (χ0n) is 21.7. The molecule has 2 aliphatic heterocycles. The maximum atomic E-state index is 13.0. The third-order valence-corrected chi connectivity index (χ3v) is 7.41. The fourth-order valence-corrected chi connectivity index (χ4v) is 5.31. The summed E-state index contributed by atoms with van der Waals surface area (Å²) in [7, 11) is 1.87. The van der Waals surface area contributed by atoms with Crippen LogP contribution in [0.1, 0.15) is 38.5 Å². The lowest BCUT2D eigenvalue weighted by Gasteiger charge is -2.33. The van der Waals surface area contributed by atoms with Crippen molar-refractivity contribution in [2.24, 2.45) is 7.05 Å². The maximum absolute atomic E-state index is 13.0. The first kappa shape index (κ1) is 27.1. The summed E-state index contributed by atoms with van der Waals surface area (Å²) in [5.41, 5.74) is 2.16. The number of carbonyl (C=O) groups excluding carboxylic acids is 1. The van der Waals surface area contributed by atoms with Crippen LogP contribution in [0.2, 0.25) is 0 Å². The highest BCUT2D eigenvalue weighted by Crippen LogP contribution is 2.35.